The molecule has 5 atom stereocenters. The van der Waals surface area contributed by atoms with Crippen LogP contribution in [0.5, 0.6) is 0 Å². The van der Waals surface area contributed by atoms with Gasteiger partial charge in [-0.05, 0) is 57.9 Å². The van der Waals surface area contributed by atoms with E-state index in [4.69, 9.17) is 16.7 Å². The molecule has 0 radical (unpaired) electrons. The van der Waals surface area contributed by atoms with Gasteiger partial charge in [0.25, 0.3) is 0 Å². The molecule has 0 unspecified atom stereocenters. The molecule has 1 aromatic heterocycles. The lowest BCUT2D eigenvalue weighted by Crippen LogP contribution is -2.46. The summed E-state index contributed by atoms with van der Waals surface area (Å²) < 4.78 is 0.896. The molecule has 9 heteroatoms. The highest BCUT2D eigenvalue weighted by Gasteiger charge is 2.60. The van der Waals surface area contributed by atoms with Gasteiger partial charge in [0.05, 0.1) is 24.8 Å². The number of halogens is 2. The van der Waals surface area contributed by atoms with E-state index in [2.05, 4.69) is 53.4 Å². The average molecular weight is 569 g/mol. The van der Waals surface area contributed by atoms with E-state index >= 15 is 0 Å². The van der Waals surface area contributed by atoms with E-state index in [0.717, 1.165) is 14.9 Å². The fourth-order valence-corrected chi connectivity index (χ4v) is 6.63. The fourth-order valence-electron chi connectivity index (χ4n) is 4.76. The third kappa shape index (κ3) is 5.84. The third-order valence-electron chi connectivity index (χ3n) is 6.21. The van der Waals surface area contributed by atoms with Gasteiger partial charge in [-0.25, -0.2) is 0 Å². The Morgan fingerprint density at radius 1 is 1.41 bits per heavy atom. The zero-order valence-corrected chi connectivity index (χ0v) is 22.7. The smallest absolute Gasteiger partial charge is 0.237 e. The molecule has 1 aliphatic rings. The van der Waals surface area contributed by atoms with Crippen molar-refractivity contribution >= 4 is 44.8 Å². The second kappa shape index (κ2) is 11.1. The van der Waals surface area contributed by atoms with Crippen LogP contribution in [0.3, 0.4) is 0 Å². The quantitative estimate of drug-likeness (QED) is 0.379. The van der Waals surface area contributed by atoms with E-state index in [1.807, 2.05) is 29.6 Å². The Bertz CT molecular complexity index is 1050. The number of nitrogens with one attached hydrogen (secondary N) is 2. The van der Waals surface area contributed by atoms with Crippen LogP contribution in [0.2, 0.25) is 5.02 Å². The van der Waals surface area contributed by atoms with E-state index < -0.39 is 23.5 Å². The lowest BCUT2D eigenvalue weighted by molar-refractivity contribution is -0.123. The molecule has 6 nitrogen and oxygen atoms in total. The number of carbonyl (C=O) groups excluding carboxylic acids is 1. The number of hydrogen-bond donors (Lipinski definition) is 4. The summed E-state index contributed by atoms with van der Waals surface area (Å²) in [6.45, 7) is 6.23. The maximum Gasteiger partial charge on any atom is 0.237 e. The SMILES string of the molecule is CC(C)(C)C[C@@H]1N[C@@H](C(=O)NCC[C@H](O)CO)[C@H](c2cccc(Cl)c2)[C@@]1(C#N)c1cc(Br)cs1. The van der Waals surface area contributed by atoms with Crippen LogP contribution in [0.1, 0.15) is 50.0 Å². The lowest BCUT2D eigenvalue weighted by Gasteiger charge is -2.36. The van der Waals surface area contributed by atoms with Crippen molar-refractivity contribution in [3.05, 3.63) is 55.6 Å². The molecule has 1 aliphatic heterocycles. The van der Waals surface area contributed by atoms with Crippen molar-refractivity contribution in [2.45, 2.75) is 63.1 Å². The number of aliphatic hydroxyl groups excluding tert-OH is 2. The van der Waals surface area contributed by atoms with Gasteiger partial charge >= 0.3 is 0 Å². The summed E-state index contributed by atoms with van der Waals surface area (Å²) in [5.41, 5.74) is -0.275. The third-order valence-corrected chi connectivity index (χ3v) is 8.29. The monoisotopic (exact) mass is 567 g/mol. The van der Waals surface area contributed by atoms with Gasteiger partial charge in [-0.1, -0.05) is 44.5 Å². The number of hydrogen-bond acceptors (Lipinski definition) is 6. The van der Waals surface area contributed by atoms with E-state index in [9.17, 15) is 15.2 Å². The van der Waals surface area contributed by atoms with Gasteiger partial charge in [0.2, 0.25) is 5.91 Å². The Kier molecular flexibility index (Phi) is 8.83. The molecule has 1 fully saturated rings. The molecule has 3 rings (SSSR count). The van der Waals surface area contributed by atoms with E-state index in [1.54, 1.807) is 6.07 Å². The topological polar surface area (TPSA) is 105 Å². The molecule has 0 saturated carbocycles. The summed E-state index contributed by atoms with van der Waals surface area (Å²) in [6.07, 6.45) is 0.0276. The molecule has 0 spiro atoms. The Hall–Kier alpha value is -1.47. The molecule has 0 aliphatic carbocycles. The summed E-state index contributed by atoms with van der Waals surface area (Å²) in [5, 5.41) is 38.4. The summed E-state index contributed by atoms with van der Waals surface area (Å²) in [7, 11) is 0. The second-order valence-electron chi connectivity index (χ2n) is 10.0. The largest absolute Gasteiger partial charge is 0.394 e. The molecular weight excluding hydrogens is 538 g/mol. The van der Waals surface area contributed by atoms with Crippen LogP contribution in [0.15, 0.2) is 40.2 Å². The Morgan fingerprint density at radius 2 is 2.15 bits per heavy atom. The van der Waals surface area contributed by atoms with E-state index in [-0.39, 0.29) is 36.9 Å². The number of thiophene rings is 1. The summed E-state index contributed by atoms with van der Waals surface area (Å²) in [4.78, 5) is 14.4. The molecule has 2 aromatic rings. The fraction of sp³-hybridized carbons (Fsp3) is 0.520. The highest BCUT2D eigenvalue weighted by atomic mass is 79.9. The van der Waals surface area contributed by atoms with Crippen molar-refractivity contribution < 1.29 is 15.0 Å². The first kappa shape index (κ1) is 27.1. The normalized spacial score (nSPS) is 25.6. The molecular formula is C25H31BrClN3O3S. The number of carbonyl (C=O) groups is 1. The predicted molar refractivity (Wildman–Crippen MR) is 139 cm³/mol. The highest BCUT2D eigenvalue weighted by Crippen LogP contribution is 2.53. The zero-order chi connectivity index (χ0) is 25.1. The first-order chi connectivity index (χ1) is 16.0. The highest BCUT2D eigenvalue weighted by molar-refractivity contribution is 9.10. The van der Waals surface area contributed by atoms with Crippen molar-refractivity contribution in [1.82, 2.24) is 10.6 Å². The minimum absolute atomic E-state index is 0.0935. The van der Waals surface area contributed by atoms with Crippen LogP contribution in [0.25, 0.3) is 0 Å². The first-order valence-electron chi connectivity index (χ1n) is 11.3. The molecule has 4 N–H and O–H groups in total. The Balaban J connectivity index is 2.11. The maximum atomic E-state index is 13.5. The van der Waals surface area contributed by atoms with Crippen molar-refractivity contribution in [3.63, 3.8) is 0 Å². The number of rotatable bonds is 8. The van der Waals surface area contributed by atoms with Crippen LogP contribution in [0, 0.1) is 16.7 Å². The zero-order valence-electron chi connectivity index (χ0n) is 19.5. The lowest BCUT2D eigenvalue weighted by atomic mass is 9.65. The standard InChI is InChI=1S/C25H31BrClN3O3S/c1-24(2,3)11-19-25(14-28,20-10-16(26)13-34-20)21(15-5-4-6-17(27)9-15)22(30-19)23(33)29-8-7-18(32)12-31/h4-6,9-10,13,18-19,21-22,30-32H,7-8,11-12H2,1-3H3,(H,29,33)/t18-,19-,21-,22+,25+/m0/s1. The van der Waals surface area contributed by atoms with Crippen molar-refractivity contribution in [2.24, 2.45) is 5.41 Å². The van der Waals surface area contributed by atoms with Crippen molar-refractivity contribution in [3.8, 4) is 6.07 Å². The van der Waals surface area contributed by atoms with Gasteiger partial charge < -0.3 is 20.8 Å². The van der Waals surface area contributed by atoms with E-state index in [0.29, 0.717) is 11.4 Å². The van der Waals surface area contributed by atoms with Gasteiger partial charge in [0, 0.05) is 38.3 Å². The van der Waals surface area contributed by atoms with Gasteiger partial charge in [-0.2, -0.15) is 5.26 Å². The predicted octanol–water partition coefficient (Wildman–Crippen LogP) is 4.35. The van der Waals surface area contributed by atoms with E-state index in [1.165, 1.54) is 11.3 Å². The minimum Gasteiger partial charge on any atom is -0.394 e. The summed E-state index contributed by atoms with van der Waals surface area (Å²) in [5.74, 6) is -0.737. The second-order valence-corrected chi connectivity index (χ2v) is 12.3. The van der Waals surface area contributed by atoms with Crippen LogP contribution in [0.4, 0.5) is 0 Å². The van der Waals surface area contributed by atoms with Crippen LogP contribution in [-0.2, 0) is 10.2 Å². The van der Waals surface area contributed by atoms with Crippen LogP contribution < -0.4 is 10.6 Å². The Morgan fingerprint density at radius 3 is 2.71 bits per heavy atom. The molecule has 1 amide bonds. The van der Waals surface area contributed by atoms with Crippen LogP contribution in [-0.4, -0.2) is 47.5 Å². The molecule has 0 bridgehead atoms. The molecule has 184 valence electrons. The molecule has 2 heterocycles. The number of nitrogens with zero attached hydrogens (tertiary/aromatic N) is 1. The molecule has 1 saturated heterocycles. The van der Waals surface area contributed by atoms with Gasteiger partial charge in [-0.3, -0.25) is 4.79 Å². The summed E-state index contributed by atoms with van der Waals surface area (Å²) in [6, 6.07) is 11.0. The number of benzene rings is 1. The number of amides is 1. The first-order valence-corrected chi connectivity index (χ1v) is 13.3. The average Bonchev–Trinajstić information content (AvgIpc) is 3.34. The minimum atomic E-state index is -0.999. The Labute approximate surface area is 218 Å². The number of nitriles is 1. The van der Waals surface area contributed by atoms with Gasteiger partial charge in [-0.15, -0.1) is 11.3 Å². The van der Waals surface area contributed by atoms with Gasteiger partial charge in [0.15, 0.2) is 0 Å². The van der Waals surface area contributed by atoms with Gasteiger partial charge in [0.1, 0.15) is 5.41 Å². The molecule has 1 aromatic carbocycles. The summed E-state index contributed by atoms with van der Waals surface area (Å²) >= 11 is 11.4. The van der Waals surface area contributed by atoms with Crippen molar-refractivity contribution in [2.75, 3.05) is 13.2 Å². The maximum absolute atomic E-state index is 13.5. The number of aliphatic hydroxyl groups is 2. The van der Waals surface area contributed by atoms with Crippen LogP contribution >= 0.6 is 38.9 Å². The van der Waals surface area contributed by atoms with Crippen molar-refractivity contribution in [1.29, 1.82) is 5.26 Å². The molecule has 34 heavy (non-hydrogen) atoms.